The van der Waals surface area contributed by atoms with E-state index in [2.05, 4.69) is 376 Å². The number of hydrogen-bond donors (Lipinski definition) is 0. The molecule has 10 heteroatoms. The molecule has 19 rings (SSSR count). The zero-order chi connectivity index (χ0) is 69.0. The van der Waals surface area contributed by atoms with Crippen LogP contribution in [0.2, 0.25) is 0 Å². The van der Waals surface area contributed by atoms with Gasteiger partial charge in [-0.3, -0.25) is 19.6 Å². The van der Waals surface area contributed by atoms with Crippen LogP contribution >= 0.6 is 0 Å². The van der Waals surface area contributed by atoms with Gasteiger partial charge >= 0.3 is 0 Å². The molecule has 494 valence electrons. The van der Waals surface area contributed by atoms with Gasteiger partial charge in [-0.2, -0.15) is 0 Å². The van der Waals surface area contributed by atoms with Crippen LogP contribution in [0.4, 0.5) is 103 Å². The molecule has 102 heavy (non-hydrogen) atoms. The van der Waals surface area contributed by atoms with E-state index in [-0.39, 0.29) is 35.1 Å². The summed E-state index contributed by atoms with van der Waals surface area (Å²) in [6, 6.07) is 108. The number of fused-ring (bicyclic) bond motifs is 10. The maximum atomic E-state index is 6.29. The third-order valence-corrected chi connectivity index (χ3v) is 23.5. The van der Waals surface area contributed by atoms with Crippen molar-refractivity contribution in [1.82, 2.24) is 9.97 Å². The normalized spacial score (nSPS) is 16.3. The fraction of sp³-hybridized carbons (Fsp3) is 0.174. The van der Waals surface area contributed by atoms with E-state index >= 15 is 0 Å². The number of nitrogens with zero attached hydrogens (tertiary/aromatic N) is 8. The highest BCUT2D eigenvalue weighted by Gasteiger charge is 2.52. The number of benzene rings is 11. The van der Waals surface area contributed by atoms with Crippen LogP contribution in [-0.4, -0.2) is 23.4 Å². The summed E-state index contributed by atoms with van der Waals surface area (Å²) < 4.78 is 0. The Kier molecular flexibility index (Phi) is 14.0. The van der Waals surface area contributed by atoms with Crippen molar-refractivity contribution >= 4 is 149 Å². The Labute approximate surface area is 601 Å². The number of pyridine rings is 2. The van der Waals surface area contributed by atoms with Crippen LogP contribution in [-0.2, 0) is 21.7 Å². The Morgan fingerprint density at radius 1 is 0.265 bits per heavy atom. The second-order valence-corrected chi connectivity index (χ2v) is 31.5. The number of rotatable bonds is 10. The van der Waals surface area contributed by atoms with Crippen molar-refractivity contribution in [3.8, 4) is 0 Å². The molecule has 0 bridgehead atoms. The first-order valence-electron chi connectivity index (χ1n) is 36.5. The minimum absolute atomic E-state index is 0.0238. The van der Waals surface area contributed by atoms with Gasteiger partial charge in [0.05, 0.1) is 0 Å². The van der Waals surface area contributed by atoms with Crippen LogP contribution in [0.15, 0.2) is 291 Å². The lowest BCUT2D eigenvalue weighted by Gasteiger charge is -2.48. The lowest BCUT2D eigenvalue weighted by atomic mass is 9.30. The third kappa shape index (κ3) is 9.58. The molecule has 13 aromatic rings. The average molecular weight is 1320 g/mol. The molecule has 6 aliphatic rings. The van der Waals surface area contributed by atoms with E-state index < -0.39 is 0 Å². The lowest BCUT2D eigenvalue weighted by molar-refractivity contribution is 0.332. The summed E-state index contributed by atoms with van der Waals surface area (Å²) in [7, 11) is 0. The molecule has 8 nitrogen and oxygen atoms in total. The van der Waals surface area contributed by atoms with Gasteiger partial charge in [0.2, 0.25) is 0 Å². The summed E-state index contributed by atoms with van der Waals surface area (Å²) in [6.07, 6.45) is 4.43. The molecule has 6 heterocycles. The van der Waals surface area contributed by atoms with E-state index in [1.165, 1.54) is 55.3 Å². The van der Waals surface area contributed by atoms with Gasteiger partial charge in [-0.1, -0.05) is 219 Å². The van der Waals surface area contributed by atoms with Gasteiger partial charge in [0.25, 0.3) is 13.4 Å². The van der Waals surface area contributed by atoms with Crippen molar-refractivity contribution in [3.63, 3.8) is 0 Å². The molecule has 0 radical (unpaired) electrons. The van der Waals surface area contributed by atoms with Gasteiger partial charge in [0.1, 0.15) is 23.3 Å². The molecule has 0 unspecified atom stereocenters. The Morgan fingerprint density at radius 3 is 1.04 bits per heavy atom. The predicted molar refractivity (Wildman–Crippen MR) is 430 cm³/mol. The molecule has 0 fully saturated rings. The van der Waals surface area contributed by atoms with Crippen LogP contribution in [0, 0.1) is 0 Å². The zero-order valence-electron chi connectivity index (χ0n) is 59.3. The first-order chi connectivity index (χ1) is 49.6. The van der Waals surface area contributed by atoms with Crippen LogP contribution in [0.5, 0.6) is 0 Å². The van der Waals surface area contributed by atoms with Crippen molar-refractivity contribution in [2.45, 2.75) is 103 Å². The van der Waals surface area contributed by atoms with Crippen LogP contribution in [0.25, 0.3) is 0 Å². The Balaban J connectivity index is 0.960. The molecule has 0 atom stereocenters. The minimum atomic E-state index is -0.277. The molecule has 4 aliphatic heterocycles. The van der Waals surface area contributed by atoms with Gasteiger partial charge in [0, 0.05) is 91.8 Å². The van der Waals surface area contributed by atoms with Crippen molar-refractivity contribution in [2.75, 3.05) is 29.4 Å². The van der Waals surface area contributed by atoms with Crippen molar-refractivity contribution in [3.05, 3.63) is 313 Å². The van der Waals surface area contributed by atoms with E-state index in [0.29, 0.717) is 0 Å². The zero-order valence-corrected chi connectivity index (χ0v) is 59.3. The molecule has 0 saturated heterocycles. The van der Waals surface area contributed by atoms with E-state index in [0.717, 1.165) is 128 Å². The van der Waals surface area contributed by atoms with Crippen LogP contribution in [0.3, 0.4) is 0 Å². The van der Waals surface area contributed by atoms with E-state index in [1.54, 1.807) is 0 Å². The number of anilines is 18. The lowest BCUT2D eigenvalue weighted by Crippen LogP contribution is -2.65. The van der Waals surface area contributed by atoms with Crippen LogP contribution in [0.1, 0.15) is 103 Å². The standard InChI is InChI=1S/C92H80B2N8/c1-89(2)50-51-90(3,4)70-54-68(48-49-69(70)89)100-78-56-72-71(91(5,6)52-53-92(72,7)8)55-74(78)94-76-57-75-79(58-80(76)102(67-44-28-15-29-45-67)88-86(94)82(100)60-84(96-88)98(63-36-20-11-21-37-63)64-38-22-12-23-39-64)101(66-42-26-14-27-43-66)87-85-81(99(65-40-24-13-25-41-65)77-47-31-30-46-73(77)93(75)85)59-83(95-87)97(61-32-16-9-17-33-61)62-34-18-10-19-35-62/h9-49,54-60H,50-53H2,1-8H3. The third-order valence-electron chi connectivity index (χ3n) is 23.5. The summed E-state index contributed by atoms with van der Waals surface area (Å²) in [5, 5.41) is 0. The smallest absolute Gasteiger partial charge is 0.254 e. The summed E-state index contributed by atoms with van der Waals surface area (Å²) in [5.74, 6) is 3.39. The summed E-state index contributed by atoms with van der Waals surface area (Å²) in [6.45, 7) is 19.2. The van der Waals surface area contributed by atoms with Gasteiger partial charge < -0.3 is 9.80 Å². The highest BCUT2D eigenvalue weighted by atomic mass is 15.3. The Hall–Kier alpha value is -11.4. The highest BCUT2D eigenvalue weighted by molar-refractivity contribution is 7.03. The molecule has 2 aromatic heterocycles. The number of hydrogen-bond acceptors (Lipinski definition) is 8. The summed E-state index contributed by atoms with van der Waals surface area (Å²) in [5.41, 5.74) is 27.8. The molecule has 0 amide bonds. The maximum absolute atomic E-state index is 6.29. The van der Waals surface area contributed by atoms with E-state index in [1.807, 2.05) is 0 Å². The Bertz CT molecular complexity index is 5380. The molecule has 2 aliphatic carbocycles. The quantitative estimate of drug-likeness (QED) is 0.126. The molecule has 0 N–H and O–H groups in total. The number of aromatic nitrogens is 2. The monoisotopic (exact) mass is 1320 g/mol. The van der Waals surface area contributed by atoms with Gasteiger partial charge in [0.15, 0.2) is 0 Å². The first kappa shape index (κ1) is 61.7. The fourth-order valence-electron chi connectivity index (χ4n) is 18.1. The molecule has 11 aromatic carbocycles. The van der Waals surface area contributed by atoms with Gasteiger partial charge in [-0.15, -0.1) is 0 Å². The Morgan fingerprint density at radius 2 is 0.598 bits per heavy atom. The van der Waals surface area contributed by atoms with Gasteiger partial charge in [-0.05, 0) is 218 Å². The van der Waals surface area contributed by atoms with E-state index in [9.17, 15) is 0 Å². The second kappa shape index (κ2) is 23.1. The molecular formula is C92H80B2N8. The number of para-hydroxylation sites is 8. The first-order valence-corrected chi connectivity index (χ1v) is 36.5. The molecule has 0 saturated carbocycles. The molecular weight excluding hydrogens is 1240 g/mol. The molecule has 0 spiro atoms. The average Bonchev–Trinajstić information content (AvgIpc) is 0.680. The SMILES string of the molecule is CC1(C)CCC(C)(C)c2cc(N3c4cc5c(cc4B4c6cc7c(cc6N(c6ccccc6)c6nc(N(c8ccccc8)c8ccccc8)cc3c64)N(c3ccccc3)c3nc(N(c4ccccc4)c4ccccc4)cc4c3B7c3ccccc3N4c3ccccc3)C(C)(C)CCC5(C)C)ccc21. The van der Waals surface area contributed by atoms with Crippen molar-refractivity contribution in [1.29, 1.82) is 0 Å². The highest BCUT2D eigenvalue weighted by Crippen LogP contribution is 2.55. The minimum Gasteiger partial charge on any atom is -0.311 e. The van der Waals surface area contributed by atoms with E-state index in [4.69, 9.17) is 9.97 Å². The maximum Gasteiger partial charge on any atom is 0.254 e. The fourth-order valence-corrected chi connectivity index (χ4v) is 18.1. The van der Waals surface area contributed by atoms with Crippen molar-refractivity contribution < 1.29 is 0 Å². The summed E-state index contributed by atoms with van der Waals surface area (Å²) >= 11 is 0. The predicted octanol–water partition coefficient (Wildman–Crippen LogP) is 20.3. The second-order valence-electron chi connectivity index (χ2n) is 31.5. The summed E-state index contributed by atoms with van der Waals surface area (Å²) in [4.78, 5) is 27.3. The van der Waals surface area contributed by atoms with Crippen LogP contribution < -0.4 is 62.2 Å². The van der Waals surface area contributed by atoms with Gasteiger partial charge in [-0.25, -0.2) is 9.97 Å². The topological polar surface area (TPSA) is 45.2 Å². The van der Waals surface area contributed by atoms with Crippen molar-refractivity contribution in [2.24, 2.45) is 0 Å². The largest absolute Gasteiger partial charge is 0.311 e.